The van der Waals surface area contributed by atoms with Gasteiger partial charge in [0.05, 0.1) is 16.9 Å². The van der Waals surface area contributed by atoms with Crippen LogP contribution in [0, 0.1) is 5.92 Å². The van der Waals surface area contributed by atoms with Crippen LogP contribution in [0.4, 0.5) is 11.5 Å². The first-order valence-corrected chi connectivity index (χ1v) is 6.59. The predicted molar refractivity (Wildman–Crippen MR) is 73.5 cm³/mol. The second kappa shape index (κ2) is 5.13. The molecule has 1 aliphatic carbocycles. The zero-order valence-corrected chi connectivity index (χ0v) is 11.2. The van der Waals surface area contributed by atoms with Crippen molar-refractivity contribution in [3.05, 3.63) is 17.3 Å². The number of nitrogen functional groups attached to an aromatic ring is 1. The number of nitrogens with two attached hydrogens (primary N) is 1. The van der Waals surface area contributed by atoms with Gasteiger partial charge in [0.2, 0.25) is 0 Å². The van der Waals surface area contributed by atoms with Crippen molar-refractivity contribution in [2.45, 2.75) is 38.6 Å². The van der Waals surface area contributed by atoms with Crippen LogP contribution in [-0.4, -0.2) is 18.1 Å². The van der Waals surface area contributed by atoms with E-state index >= 15 is 0 Å². The summed E-state index contributed by atoms with van der Waals surface area (Å²) in [6.07, 6.45) is 6.70. The van der Waals surface area contributed by atoms with E-state index in [0.29, 0.717) is 16.8 Å². The molecule has 2 rings (SSSR count). The molecule has 0 saturated heterocycles. The number of hydrogen-bond donors (Lipinski definition) is 1. The topological polar surface area (TPSA) is 42.2 Å². The third-order valence-corrected chi connectivity index (χ3v) is 3.99. The fraction of sp³-hybridized carbons (Fsp3) is 0.615. The van der Waals surface area contributed by atoms with E-state index in [4.69, 9.17) is 17.3 Å². The summed E-state index contributed by atoms with van der Waals surface area (Å²) in [7, 11) is 2.07. The van der Waals surface area contributed by atoms with Gasteiger partial charge < -0.3 is 10.6 Å². The Labute approximate surface area is 108 Å². The first kappa shape index (κ1) is 12.5. The minimum absolute atomic E-state index is 0.555. The molecule has 94 valence electrons. The fourth-order valence-corrected chi connectivity index (χ4v) is 2.82. The highest BCUT2D eigenvalue weighted by Crippen LogP contribution is 2.32. The molecule has 1 fully saturated rings. The standard InChI is InChI=1S/C13H20ClN3/c1-9-3-5-11(6-4-9)17(2)13-12(14)7-10(15)8-16-13/h7-9,11H,3-6,15H2,1-2H3. The van der Waals surface area contributed by atoms with Gasteiger partial charge in [-0.2, -0.15) is 0 Å². The number of anilines is 2. The minimum Gasteiger partial charge on any atom is -0.397 e. The van der Waals surface area contributed by atoms with Crippen molar-refractivity contribution in [2.24, 2.45) is 5.92 Å². The van der Waals surface area contributed by atoms with Crippen LogP contribution < -0.4 is 10.6 Å². The highest BCUT2D eigenvalue weighted by Gasteiger charge is 2.23. The van der Waals surface area contributed by atoms with Crippen molar-refractivity contribution in [2.75, 3.05) is 17.7 Å². The molecule has 3 nitrogen and oxygen atoms in total. The number of nitrogens with zero attached hydrogens (tertiary/aromatic N) is 2. The first-order valence-electron chi connectivity index (χ1n) is 6.21. The van der Waals surface area contributed by atoms with E-state index in [-0.39, 0.29) is 0 Å². The molecule has 0 aliphatic heterocycles. The van der Waals surface area contributed by atoms with Crippen LogP contribution in [-0.2, 0) is 0 Å². The highest BCUT2D eigenvalue weighted by atomic mass is 35.5. The molecule has 0 atom stereocenters. The Morgan fingerprint density at radius 2 is 2.00 bits per heavy atom. The lowest BCUT2D eigenvalue weighted by molar-refractivity contribution is 0.340. The van der Waals surface area contributed by atoms with Gasteiger partial charge in [0, 0.05) is 13.1 Å². The summed E-state index contributed by atoms with van der Waals surface area (Å²) in [6.45, 7) is 2.32. The van der Waals surface area contributed by atoms with E-state index in [0.717, 1.165) is 11.7 Å². The molecule has 1 aliphatic rings. The van der Waals surface area contributed by atoms with E-state index in [1.54, 1.807) is 12.3 Å². The van der Waals surface area contributed by atoms with E-state index in [1.807, 2.05) is 0 Å². The van der Waals surface area contributed by atoms with E-state index in [1.165, 1.54) is 25.7 Å². The predicted octanol–water partition coefficient (Wildman–Crippen LogP) is 3.33. The second-order valence-corrected chi connectivity index (χ2v) is 5.51. The van der Waals surface area contributed by atoms with E-state index in [2.05, 4.69) is 23.9 Å². The van der Waals surface area contributed by atoms with Crippen molar-refractivity contribution < 1.29 is 0 Å². The lowest BCUT2D eigenvalue weighted by Crippen LogP contribution is -2.35. The Morgan fingerprint density at radius 3 is 2.59 bits per heavy atom. The molecule has 4 heteroatoms. The molecule has 2 N–H and O–H groups in total. The maximum Gasteiger partial charge on any atom is 0.147 e. The van der Waals surface area contributed by atoms with Crippen molar-refractivity contribution >= 4 is 23.1 Å². The average Bonchev–Trinajstić information content (AvgIpc) is 2.29. The lowest BCUT2D eigenvalue weighted by Gasteiger charge is -2.34. The number of aromatic nitrogens is 1. The van der Waals surface area contributed by atoms with Crippen LogP contribution in [0.5, 0.6) is 0 Å². The van der Waals surface area contributed by atoms with Crippen LogP contribution >= 0.6 is 11.6 Å². The molecule has 0 radical (unpaired) electrons. The normalized spacial score (nSPS) is 24.6. The molecule has 1 aromatic heterocycles. The van der Waals surface area contributed by atoms with Gasteiger partial charge in [-0.05, 0) is 37.7 Å². The maximum absolute atomic E-state index is 6.19. The Kier molecular flexibility index (Phi) is 3.77. The Morgan fingerprint density at radius 1 is 1.35 bits per heavy atom. The summed E-state index contributed by atoms with van der Waals surface area (Å²) in [4.78, 5) is 6.54. The molecule has 0 aromatic carbocycles. The van der Waals surface area contributed by atoms with Gasteiger partial charge in [-0.1, -0.05) is 18.5 Å². The molecule has 1 saturated carbocycles. The quantitative estimate of drug-likeness (QED) is 0.879. The average molecular weight is 254 g/mol. The summed E-state index contributed by atoms with van der Waals surface area (Å²) in [6, 6.07) is 2.33. The number of rotatable bonds is 2. The smallest absolute Gasteiger partial charge is 0.147 e. The van der Waals surface area contributed by atoms with Crippen molar-refractivity contribution in [1.29, 1.82) is 0 Å². The molecular formula is C13H20ClN3. The largest absolute Gasteiger partial charge is 0.397 e. The van der Waals surface area contributed by atoms with Gasteiger partial charge in [-0.15, -0.1) is 0 Å². The van der Waals surface area contributed by atoms with Crippen LogP contribution in [0.3, 0.4) is 0 Å². The number of pyridine rings is 1. The Balaban J connectivity index is 2.11. The summed E-state index contributed by atoms with van der Waals surface area (Å²) in [5, 5.41) is 0.645. The Hall–Kier alpha value is -0.960. The van der Waals surface area contributed by atoms with Crippen molar-refractivity contribution in [1.82, 2.24) is 4.98 Å². The van der Waals surface area contributed by atoms with Gasteiger partial charge >= 0.3 is 0 Å². The maximum atomic E-state index is 6.19. The molecule has 0 unspecified atom stereocenters. The Bertz CT molecular complexity index is 386. The molecule has 0 bridgehead atoms. The van der Waals surface area contributed by atoms with Crippen LogP contribution in [0.15, 0.2) is 12.3 Å². The molecule has 0 amide bonds. The summed E-state index contributed by atoms with van der Waals surface area (Å²) >= 11 is 6.19. The summed E-state index contributed by atoms with van der Waals surface area (Å²) in [5.41, 5.74) is 6.27. The first-order chi connectivity index (χ1) is 8.08. The highest BCUT2D eigenvalue weighted by molar-refractivity contribution is 6.33. The molecule has 1 aromatic rings. The third kappa shape index (κ3) is 2.83. The van der Waals surface area contributed by atoms with Crippen molar-refractivity contribution in [3.63, 3.8) is 0 Å². The molecule has 17 heavy (non-hydrogen) atoms. The van der Waals surface area contributed by atoms with Gasteiger partial charge in [0.15, 0.2) is 0 Å². The van der Waals surface area contributed by atoms with E-state index in [9.17, 15) is 0 Å². The summed E-state index contributed by atoms with van der Waals surface area (Å²) < 4.78 is 0. The zero-order valence-electron chi connectivity index (χ0n) is 10.5. The fourth-order valence-electron chi connectivity index (χ4n) is 2.51. The van der Waals surface area contributed by atoms with Crippen molar-refractivity contribution in [3.8, 4) is 0 Å². The van der Waals surface area contributed by atoms with Gasteiger partial charge in [-0.25, -0.2) is 4.98 Å². The zero-order chi connectivity index (χ0) is 12.4. The van der Waals surface area contributed by atoms with E-state index < -0.39 is 0 Å². The van der Waals surface area contributed by atoms with Crippen LogP contribution in [0.2, 0.25) is 5.02 Å². The van der Waals surface area contributed by atoms with Gasteiger partial charge in [0.1, 0.15) is 5.82 Å². The molecule has 1 heterocycles. The van der Waals surface area contributed by atoms with Gasteiger partial charge in [-0.3, -0.25) is 0 Å². The number of hydrogen-bond acceptors (Lipinski definition) is 3. The SMILES string of the molecule is CC1CCC(N(C)c2ncc(N)cc2Cl)CC1. The minimum atomic E-state index is 0.555. The van der Waals surface area contributed by atoms with Gasteiger partial charge in [0.25, 0.3) is 0 Å². The van der Waals surface area contributed by atoms with Crippen LogP contribution in [0.1, 0.15) is 32.6 Å². The van der Waals surface area contributed by atoms with Crippen LogP contribution in [0.25, 0.3) is 0 Å². The molecule has 0 spiro atoms. The second-order valence-electron chi connectivity index (χ2n) is 5.10. The summed E-state index contributed by atoms with van der Waals surface area (Å²) in [5.74, 6) is 1.70. The molecular weight excluding hydrogens is 234 g/mol. The lowest BCUT2D eigenvalue weighted by atomic mass is 9.87. The third-order valence-electron chi connectivity index (χ3n) is 3.71. The monoisotopic (exact) mass is 253 g/mol. The number of halogens is 1.